The molecule has 2 rings (SSSR count). The van der Waals surface area contributed by atoms with Crippen LogP contribution in [0.5, 0.6) is 0 Å². The minimum absolute atomic E-state index is 0.000153. The van der Waals surface area contributed by atoms with Crippen LogP contribution < -0.4 is 0 Å². The summed E-state index contributed by atoms with van der Waals surface area (Å²) in [4.78, 5) is 16.4. The van der Waals surface area contributed by atoms with Gasteiger partial charge in [-0.1, -0.05) is 13.0 Å². The number of halogens is 2. The first-order valence-electron chi connectivity index (χ1n) is 8.45. The first kappa shape index (κ1) is 18.8. The van der Waals surface area contributed by atoms with Crippen LogP contribution in [0.4, 0.5) is 8.78 Å². The largest absolute Gasteiger partial charge is 0.396 e. The van der Waals surface area contributed by atoms with Gasteiger partial charge in [0.05, 0.1) is 0 Å². The van der Waals surface area contributed by atoms with Crippen molar-refractivity contribution in [2.45, 2.75) is 19.8 Å². The van der Waals surface area contributed by atoms with Crippen LogP contribution in [0.3, 0.4) is 0 Å². The molecule has 0 aliphatic carbocycles. The summed E-state index contributed by atoms with van der Waals surface area (Å²) in [6, 6.07) is 3.73. The maximum absolute atomic E-state index is 13.2. The van der Waals surface area contributed by atoms with Gasteiger partial charge in [-0.15, -0.1) is 0 Å². The van der Waals surface area contributed by atoms with Crippen molar-refractivity contribution < 1.29 is 18.7 Å². The molecule has 6 heteroatoms. The second-order valence-corrected chi connectivity index (χ2v) is 6.60. The van der Waals surface area contributed by atoms with Gasteiger partial charge in [-0.25, -0.2) is 8.78 Å². The maximum atomic E-state index is 13.2. The summed E-state index contributed by atoms with van der Waals surface area (Å²) in [6.07, 6.45) is 0.648. The molecule has 0 aromatic heterocycles. The van der Waals surface area contributed by atoms with E-state index in [0.29, 0.717) is 25.1 Å². The molecular weight excluding hydrogens is 314 g/mol. The third-order valence-corrected chi connectivity index (χ3v) is 4.86. The molecular formula is C18H26F2N2O2. The lowest BCUT2D eigenvalue weighted by atomic mass is 9.96. The predicted octanol–water partition coefficient (Wildman–Crippen LogP) is 1.92. The Balaban J connectivity index is 1.89. The quantitative estimate of drug-likeness (QED) is 0.825. The fourth-order valence-electron chi connectivity index (χ4n) is 3.19. The number of aliphatic hydroxyl groups is 1. The highest BCUT2D eigenvalue weighted by atomic mass is 19.2. The van der Waals surface area contributed by atoms with Crippen LogP contribution in [-0.4, -0.2) is 60.6 Å². The van der Waals surface area contributed by atoms with Crippen LogP contribution in [0, 0.1) is 23.5 Å². The molecule has 0 radical (unpaired) electrons. The lowest BCUT2D eigenvalue weighted by Crippen LogP contribution is -2.32. The van der Waals surface area contributed by atoms with Crippen LogP contribution >= 0.6 is 0 Å². The van der Waals surface area contributed by atoms with E-state index < -0.39 is 11.6 Å². The normalized spacial score (nSPS) is 20.8. The molecule has 24 heavy (non-hydrogen) atoms. The van der Waals surface area contributed by atoms with E-state index in [4.69, 9.17) is 0 Å². The number of hydrogen-bond acceptors (Lipinski definition) is 3. The number of amides is 1. The van der Waals surface area contributed by atoms with Crippen LogP contribution in [0.15, 0.2) is 18.2 Å². The van der Waals surface area contributed by atoms with E-state index in [1.54, 1.807) is 4.90 Å². The van der Waals surface area contributed by atoms with E-state index in [2.05, 4.69) is 11.8 Å². The molecule has 1 amide bonds. The smallest absolute Gasteiger partial charge is 0.222 e. The second kappa shape index (κ2) is 8.53. The van der Waals surface area contributed by atoms with Gasteiger partial charge in [-0.05, 0) is 43.6 Å². The molecule has 0 bridgehead atoms. The zero-order valence-electron chi connectivity index (χ0n) is 14.3. The number of aliphatic hydroxyl groups excluding tert-OH is 1. The van der Waals surface area contributed by atoms with Gasteiger partial charge in [0.15, 0.2) is 11.6 Å². The van der Waals surface area contributed by atoms with Crippen LogP contribution in [0.1, 0.15) is 18.9 Å². The molecule has 1 aliphatic rings. The van der Waals surface area contributed by atoms with Crippen LogP contribution in [-0.2, 0) is 11.2 Å². The lowest BCUT2D eigenvalue weighted by molar-refractivity contribution is -0.130. The summed E-state index contributed by atoms with van der Waals surface area (Å²) in [5.74, 6) is -1.39. The molecule has 1 aromatic carbocycles. The van der Waals surface area contributed by atoms with E-state index in [-0.39, 0.29) is 30.8 Å². The van der Waals surface area contributed by atoms with Gasteiger partial charge in [0.25, 0.3) is 0 Å². The van der Waals surface area contributed by atoms with Crippen molar-refractivity contribution in [2.75, 3.05) is 39.8 Å². The highest BCUT2D eigenvalue weighted by Gasteiger charge is 2.34. The van der Waals surface area contributed by atoms with Crippen molar-refractivity contribution in [3.8, 4) is 0 Å². The van der Waals surface area contributed by atoms with Crippen molar-refractivity contribution in [1.29, 1.82) is 0 Å². The Labute approximate surface area is 142 Å². The highest BCUT2D eigenvalue weighted by Crippen LogP contribution is 2.25. The van der Waals surface area contributed by atoms with E-state index in [1.165, 1.54) is 6.07 Å². The third kappa shape index (κ3) is 4.74. The number of rotatable bonds is 7. The summed E-state index contributed by atoms with van der Waals surface area (Å²) < 4.78 is 26.1. The molecule has 134 valence electrons. The van der Waals surface area contributed by atoms with Gasteiger partial charge in [0, 0.05) is 38.6 Å². The Bertz CT molecular complexity index is 568. The van der Waals surface area contributed by atoms with Crippen LogP contribution in [0.25, 0.3) is 0 Å². The number of likely N-dealkylation sites (tertiary alicyclic amines) is 1. The average Bonchev–Trinajstić information content (AvgIpc) is 2.98. The van der Waals surface area contributed by atoms with Crippen molar-refractivity contribution in [3.05, 3.63) is 35.4 Å². The molecule has 1 aliphatic heterocycles. The summed E-state index contributed by atoms with van der Waals surface area (Å²) in [7, 11) is 2.03. The summed E-state index contributed by atoms with van der Waals surface area (Å²) in [5.41, 5.74) is 0.613. The van der Waals surface area contributed by atoms with Gasteiger partial charge in [-0.2, -0.15) is 0 Å². The number of hydrogen-bond donors (Lipinski definition) is 1. The SMILES string of the molecule is CCN(C)C[C@@H]1CN(C(=O)CCc2ccc(F)c(F)c2)C[C@@H]1CO. The van der Waals surface area contributed by atoms with Gasteiger partial charge in [-0.3, -0.25) is 4.79 Å². The second-order valence-electron chi connectivity index (χ2n) is 6.60. The first-order valence-corrected chi connectivity index (χ1v) is 8.45. The van der Waals surface area contributed by atoms with Crippen molar-refractivity contribution in [3.63, 3.8) is 0 Å². The predicted molar refractivity (Wildman–Crippen MR) is 88.5 cm³/mol. The molecule has 0 spiro atoms. The third-order valence-electron chi connectivity index (χ3n) is 4.86. The first-order chi connectivity index (χ1) is 11.4. The van der Waals surface area contributed by atoms with Gasteiger partial charge >= 0.3 is 0 Å². The van der Waals surface area contributed by atoms with Gasteiger partial charge in [0.1, 0.15) is 0 Å². The van der Waals surface area contributed by atoms with Crippen molar-refractivity contribution in [1.82, 2.24) is 9.80 Å². The average molecular weight is 340 g/mol. The fourth-order valence-corrected chi connectivity index (χ4v) is 3.19. The molecule has 0 saturated carbocycles. The van der Waals surface area contributed by atoms with Crippen LogP contribution in [0.2, 0.25) is 0 Å². The van der Waals surface area contributed by atoms with Crippen molar-refractivity contribution >= 4 is 5.91 Å². The summed E-state index contributed by atoms with van der Waals surface area (Å²) in [6.45, 7) is 5.15. The topological polar surface area (TPSA) is 43.8 Å². The van der Waals surface area contributed by atoms with Gasteiger partial charge in [0.2, 0.25) is 5.91 Å². The molecule has 0 unspecified atom stereocenters. The zero-order chi connectivity index (χ0) is 17.7. The van der Waals surface area contributed by atoms with E-state index in [0.717, 1.165) is 25.2 Å². The maximum Gasteiger partial charge on any atom is 0.222 e. The fraction of sp³-hybridized carbons (Fsp3) is 0.611. The Kier molecular flexibility index (Phi) is 6.69. The summed E-state index contributed by atoms with van der Waals surface area (Å²) >= 11 is 0. The minimum atomic E-state index is -0.885. The van der Waals surface area contributed by atoms with Crippen molar-refractivity contribution in [2.24, 2.45) is 11.8 Å². The molecule has 2 atom stereocenters. The molecule has 4 nitrogen and oxygen atoms in total. The molecule has 1 N–H and O–H groups in total. The number of nitrogens with zero attached hydrogens (tertiary/aromatic N) is 2. The monoisotopic (exact) mass is 340 g/mol. The van der Waals surface area contributed by atoms with E-state index >= 15 is 0 Å². The molecule has 1 fully saturated rings. The number of aryl methyl sites for hydroxylation is 1. The Morgan fingerprint density at radius 3 is 2.62 bits per heavy atom. The molecule has 1 saturated heterocycles. The minimum Gasteiger partial charge on any atom is -0.396 e. The van der Waals surface area contributed by atoms with E-state index in [1.807, 2.05) is 7.05 Å². The van der Waals surface area contributed by atoms with E-state index in [9.17, 15) is 18.7 Å². The Morgan fingerprint density at radius 1 is 1.29 bits per heavy atom. The number of benzene rings is 1. The Morgan fingerprint density at radius 2 is 2.00 bits per heavy atom. The standard InChI is InChI=1S/C18H26F2N2O2/c1-3-21(2)9-14-10-22(11-15(14)12-23)18(24)7-5-13-4-6-16(19)17(20)8-13/h4,6,8,14-15,23H,3,5,7,9-12H2,1-2H3/t14-,15-/m1/s1. The lowest BCUT2D eigenvalue weighted by Gasteiger charge is -2.22. The highest BCUT2D eigenvalue weighted by molar-refractivity contribution is 5.76. The Hall–Kier alpha value is -1.53. The zero-order valence-corrected chi connectivity index (χ0v) is 14.3. The van der Waals surface area contributed by atoms with Gasteiger partial charge < -0.3 is 14.9 Å². The molecule has 1 aromatic rings. The number of carbonyl (C=O) groups is 1. The summed E-state index contributed by atoms with van der Waals surface area (Å²) in [5, 5.41) is 9.55. The number of carbonyl (C=O) groups excluding carboxylic acids is 1. The molecule has 1 heterocycles.